The van der Waals surface area contributed by atoms with Crippen molar-refractivity contribution in [2.75, 3.05) is 6.61 Å². The number of rotatable bonds is 12. The van der Waals surface area contributed by atoms with Crippen LogP contribution in [0.15, 0.2) is 0 Å². The number of carboxylic acids is 1. The van der Waals surface area contributed by atoms with Crippen molar-refractivity contribution in [3.8, 4) is 0 Å². The Morgan fingerprint density at radius 2 is 1.68 bits per heavy atom. The van der Waals surface area contributed by atoms with Crippen molar-refractivity contribution in [1.82, 2.24) is 0 Å². The van der Waals surface area contributed by atoms with Crippen LogP contribution in [0.4, 0.5) is 0 Å². The van der Waals surface area contributed by atoms with Gasteiger partial charge in [-0.25, -0.2) is 0 Å². The van der Waals surface area contributed by atoms with Crippen molar-refractivity contribution in [2.45, 2.75) is 70.8 Å². The predicted molar refractivity (Wildman–Crippen MR) is 73.8 cm³/mol. The van der Waals surface area contributed by atoms with Gasteiger partial charge < -0.3 is 15.6 Å². The normalized spacial score (nSPS) is 12.1. The van der Waals surface area contributed by atoms with Gasteiger partial charge in [0, 0.05) is 6.42 Å². The summed E-state index contributed by atoms with van der Waals surface area (Å²) in [7, 11) is 0. The SMILES string of the molecule is CCCCCCCCCOC(=O)C(N)CCC(=O)O. The van der Waals surface area contributed by atoms with E-state index < -0.39 is 18.0 Å². The lowest BCUT2D eigenvalue weighted by molar-refractivity contribution is -0.145. The average molecular weight is 273 g/mol. The summed E-state index contributed by atoms with van der Waals surface area (Å²) in [6.45, 7) is 2.57. The van der Waals surface area contributed by atoms with Crippen LogP contribution in [-0.4, -0.2) is 29.7 Å². The Bertz CT molecular complexity index is 256. The van der Waals surface area contributed by atoms with Crippen LogP contribution >= 0.6 is 0 Å². The second-order valence-corrected chi connectivity index (χ2v) is 4.83. The fraction of sp³-hybridized carbons (Fsp3) is 0.857. The number of carbonyl (C=O) groups excluding carboxylic acids is 1. The van der Waals surface area contributed by atoms with E-state index in [1.165, 1.54) is 32.1 Å². The van der Waals surface area contributed by atoms with Crippen molar-refractivity contribution in [3.05, 3.63) is 0 Å². The van der Waals surface area contributed by atoms with E-state index in [0.29, 0.717) is 6.61 Å². The number of nitrogens with two attached hydrogens (primary N) is 1. The first kappa shape index (κ1) is 17.9. The molecule has 0 amide bonds. The largest absolute Gasteiger partial charge is 0.481 e. The van der Waals surface area contributed by atoms with Gasteiger partial charge in [-0.1, -0.05) is 45.4 Å². The zero-order valence-corrected chi connectivity index (χ0v) is 11.9. The number of aliphatic carboxylic acids is 1. The molecular weight excluding hydrogens is 246 g/mol. The molecule has 5 heteroatoms. The standard InChI is InChI=1S/C14H27NO4/c1-2-3-4-5-6-7-8-11-19-14(18)12(15)9-10-13(16)17/h12H,2-11,15H2,1H3,(H,16,17). The van der Waals surface area contributed by atoms with Gasteiger partial charge in [-0.05, 0) is 12.8 Å². The van der Waals surface area contributed by atoms with E-state index >= 15 is 0 Å². The molecule has 0 radical (unpaired) electrons. The third kappa shape index (κ3) is 11.7. The molecular formula is C14H27NO4. The lowest BCUT2D eigenvalue weighted by atomic mass is 10.1. The molecule has 0 bridgehead atoms. The van der Waals surface area contributed by atoms with Crippen LogP contribution < -0.4 is 5.73 Å². The molecule has 0 rings (SSSR count). The number of hydrogen-bond acceptors (Lipinski definition) is 4. The first-order valence-corrected chi connectivity index (χ1v) is 7.22. The molecule has 0 aliphatic rings. The zero-order valence-electron chi connectivity index (χ0n) is 11.9. The van der Waals surface area contributed by atoms with Crippen LogP contribution in [-0.2, 0) is 14.3 Å². The summed E-state index contributed by atoms with van der Waals surface area (Å²) >= 11 is 0. The van der Waals surface area contributed by atoms with Crippen LogP contribution in [0, 0.1) is 0 Å². The number of unbranched alkanes of at least 4 members (excludes halogenated alkanes) is 6. The Hall–Kier alpha value is -1.10. The van der Waals surface area contributed by atoms with Crippen molar-refractivity contribution in [3.63, 3.8) is 0 Å². The summed E-state index contributed by atoms with van der Waals surface area (Å²) in [5.74, 6) is -1.44. The zero-order chi connectivity index (χ0) is 14.5. The quantitative estimate of drug-likeness (QED) is 0.421. The minimum atomic E-state index is -0.949. The van der Waals surface area contributed by atoms with Crippen LogP contribution in [0.1, 0.15) is 64.7 Å². The molecule has 0 aliphatic carbocycles. The molecule has 0 aliphatic heterocycles. The highest BCUT2D eigenvalue weighted by atomic mass is 16.5. The van der Waals surface area contributed by atoms with Gasteiger partial charge >= 0.3 is 11.9 Å². The van der Waals surface area contributed by atoms with Crippen LogP contribution in [0.5, 0.6) is 0 Å². The van der Waals surface area contributed by atoms with Crippen LogP contribution in [0.25, 0.3) is 0 Å². The molecule has 0 aromatic rings. The van der Waals surface area contributed by atoms with Gasteiger partial charge in [0.15, 0.2) is 0 Å². The van der Waals surface area contributed by atoms with E-state index in [-0.39, 0.29) is 12.8 Å². The summed E-state index contributed by atoms with van der Waals surface area (Å²) < 4.78 is 5.01. The van der Waals surface area contributed by atoms with Gasteiger partial charge in [0.1, 0.15) is 6.04 Å². The van der Waals surface area contributed by atoms with Crippen LogP contribution in [0.2, 0.25) is 0 Å². The third-order valence-corrected chi connectivity index (χ3v) is 2.96. The van der Waals surface area contributed by atoms with Crippen molar-refractivity contribution >= 4 is 11.9 Å². The Morgan fingerprint density at radius 1 is 1.11 bits per heavy atom. The lowest BCUT2D eigenvalue weighted by Crippen LogP contribution is -2.33. The van der Waals surface area contributed by atoms with Crippen LogP contribution in [0.3, 0.4) is 0 Å². The average Bonchev–Trinajstić information content (AvgIpc) is 2.38. The highest BCUT2D eigenvalue weighted by Gasteiger charge is 2.15. The monoisotopic (exact) mass is 273 g/mol. The molecule has 0 heterocycles. The predicted octanol–water partition coefficient (Wildman–Crippen LogP) is 2.47. The molecule has 0 fully saturated rings. The summed E-state index contributed by atoms with van der Waals surface area (Å²) in [5.41, 5.74) is 5.52. The molecule has 0 saturated carbocycles. The number of esters is 1. The lowest BCUT2D eigenvalue weighted by Gasteiger charge is -2.10. The minimum Gasteiger partial charge on any atom is -0.481 e. The van der Waals surface area contributed by atoms with Crippen molar-refractivity contribution in [1.29, 1.82) is 0 Å². The number of hydrogen-bond donors (Lipinski definition) is 2. The maximum atomic E-state index is 11.4. The number of carbonyl (C=O) groups is 2. The van der Waals surface area contributed by atoms with E-state index in [9.17, 15) is 9.59 Å². The summed E-state index contributed by atoms with van der Waals surface area (Å²) in [6, 6.07) is -0.819. The maximum Gasteiger partial charge on any atom is 0.322 e. The summed E-state index contributed by atoms with van der Waals surface area (Å²) in [6.07, 6.45) is 8.14. The van der Waals surface area contributed by atoms with E-state index in [4.69, 9.17) is 15.6 Å². The van der Waals surface area contributed by atoms with E-state index in [2.05, 4.69) is 6.92 Å². The Kier molecular flexibility index (Phi) is 11.3. The maximum absolute atomic E-state index is 11.4. The van der Waals surface area contributed by atoms with E-state index in [1.807, 2.05) is 0 Å². The topological polar surface area (TPSA) is 89.6 Å². The highest BCUT2D eigenvalue weighted by Crippen LogP contribution is 2.07. The fourth-order valence-corrected chi connectivity index (χ4v) is 1.74. The van der Waals surface area contributed by atoms with Crippen molar-refractivity contribution in [2.24, 2.45) is 5.73 Å². The molecule has 1 unspecified atom stereocenters. The molecule has 19 heavy (non-hydrogen) atoms. The van der Waals surface area contributed by atoms with Gasteiger partial charge in [-0.2, -0.15) is 0 Å². The molecule has 112 valence electrons. The smallest absolute Gasteiger partial charge is 0.322 e. The highest BCUT2D eigenvalue weighted by molar-refractivity contribution is 5.76. The first-order valence-electron chi connectivity index (χ1n) is 7.22. The molecule has 0 spiro atoms. The Morgan fingerprint density at radius 3 is 2.26 bits per heavy atom. The fourth-order valence-electron chi connectivity index (χ4n) is 1.74. The van der Waals surface area contributed by atoms with Gasteiger partial charge in [0.25, 0.3) is 0 Å². The molecule has 5 nitrogen and oxygen atoms in total. The molecule has 3 N–H and O–H groups in total. The van der Waals surface area contributed by atoms with E-state index in [0.717, 1.165) is 12.8 Å². The number of carboxylic acid groups (broad SMARTS) is 1. The molecule has 0 saturated heterocycles. The number of ether oxygens (including phenoxy) is 1. The molecule has 0 aromatic carbocycles. The Balaban J connectivity index is 3.39. The minimum absolute atomic E-state index is 0.103. The summed E-state index contributed by atoms with van der Waals surface area (Å²) in [5, 5.41) is 8.47. The third-order valence-electron chi connectivity index (χ3n) is 2.96. The second-order valence-electron chi connectivity index (χ2n) is 4.83. The summed E-state index contributed by atoms with van der Waals surface area (Å²) in [4.78, 5) is 21.7. The van der Waals surface area contributed by atoms with Gasteiger partial charge in [0.05, 0.1) is 6.61 Å². The first-order chi connectivity index (χ1) is 9.07. The second kappa shape index (κ2) is 12.0. The molecule has 0 aromatic heterocycles. The molecule has 1 atom stereocenters. The van der Waals surface area contributed by atoms with Crippen molar-refractivity contribution < 1.29 is 19.4 Å². The van der Waals surface area contributed by atoms with E-state index in [1.54, 1.807) is 0 Å². The van der Waals surface area contributed by atoms with Gasteiger partial charge in [-0.15, -0.1) is 0 Å². The van der Waals surface area contributed by atoms with Gasteiger partial charge in [0.2, 0.25) is 0 Å². The Labute approximate surface area is 115 Å². The van der Waals surface area contributed by atoms with Gasteiger partial charge in [-0.3, -0.25) is 9.59 Å².